The summed E-state index contributed by atoms with van der Waals surface area (Å²) in [7, 11) is 1.50. The zero-order chi connectivity index (χ0) is 25.8. The number of carbonyl (C=O) groups is 2. The Balaban J connectivity index is 1.57. The van der Waals surface area contributed by atoms with Gasteiger partial charge in [0.15, 0.2) is 0 Å². The first-order valence-electron chi connectivity index (χ1n) is 11.6. The van der Waals surface area contributed by atoms with Crippen LogP contribution in [0.25, 0.3) is 11.5 Å². The first-order chi connectivity index (χ1) is 17.3. The Kier molecular flexibility index (Phi) is 7.55. The van der Waals surface area contributed by atoms with E-state index in [2.05, 4.69) is 25.8 Å². The maximum Gasteiger partial charge on any atom is 0.260 e. The fraction of sp³-hybridized carbons (Fsp3) is 0.417. The molecule has 0 aliphatic carbocycles. The van der Waals surface area contributed by atoms with Crippen LogP contribution in [0.4, 0.5) is 5.82 Å². The van der Waals surface area contributed by atoms with Crippen molar-refractivity contribution in [2.24, 2.45) is 0 Å². The summed E-state index contributed by atoms with van der Waals surface area (Å²) in [5, 5.41) is 33.4. The lowest BCUT2D eigenvalue weighted by molar-refractivity contribution is -0.133. The molecule has 0 saturated carbocycles. The highest BCUT2D eigenvalue weighted by molar-refractivity contribution is 6.06. The molecule has 0 saturated heterocycles. The van der Waals surface area contributed by atoms with E-state index in [9.17, 15) is 19.8 Å². The van der Waals surface area contributed by atoms with E-state index < -0.39 is 12.0 Å². The monoisotopic (exact) mass is 495 g/mol. The summed E-state index contributed by atoms with van der Waals surface area (Å²) in [5.74, 6) is 0.524. The molecule has 190 valence electrons. The standard InChI is InChI=1S/C24H29N7O5/c1-14(13-32)31-23(27-28-29-31)19-5-4-6-21(25-19)26-24(35)18-10-17-12-30(22(34)9-15(2)33)8-7-16(17)11-20(18)36-3/h4-6,10-11,14-15,32-33H,7-9,12-13H2,1-3H3,(H,25,26,35)/t14-,15+/m1/s1. The van der Waals surface area contributed by atoms with Crippen molar-refractivity contribution in [2.75, 3.05) is 25.6 Å². The average Bonchev–Trinajstić information content (AvgIpc) is 3.37. The molecule has 36 heavy (non-hydrogen) atoms. The Labute approximate surface area is 207 Å². The van der Waals surface area contributed by atoms with Crippen LogP contribution in [0.2, 0.25) is 0 Å². The smallest absolute Gasteiger partial charge is 0.260 e. The molecule has 1 aliphatic heterocycles. The fourth-order valence-electron chi connectivity index (χ4n) is 4.08. The number of pyridine rings is 1. The molecule has 3 aromatic rings. The third kappa shape index (κ3) is 5.34. The molecule has 12 nitrogen and oxygen atoms in total. The van der Waals surface area contributed by atoms with Gasteiger partial charge in [-0.1, -0.05) is 6.07 Å². The van der Waals surface area contributed by atoms with Crippen LogP contribution in [0.3, 0.4) is 0 Å². The van der Waals surface area contributed by atoms with Crippen LogP contribution in [0.15, 0.2) is 30.3 Å². The van der Waals surface area contributed by atoms with Gasteiger partial charge in [-0.2, -0.15) is 0 Å². The van der Waals surface area contributed by atoms with Crippen molar-refractivity contribution in [1.29, 1.82) is 0 Å². The Morgan fingerprint density at radius 1 is 1.22 bits per heavy atom. The summed E-state index contributed by atoms with van der Waals surface area (Å²) in [6, 6.07) is 8.29. The van der Waals surface area contributed by atoms with Gasteiger partial charge in [0, 0.05) is 13.1 Å². The fourth-order valence-corrected chi connectivity index (χ4v) is 4.08. The zero-order valence-corrected chi connectivity index (χ0v) is 20.4. The van der Waals surface area contributed by atoms with E-state index in [1.807, 2.05) is 6.07 Å². The topological polar surface area (TPSA) is 156 Å². The minimum atomic E-state index is -0.712. The third-order valence-electron chi connectivity index (χ3n) is 6.00. The number of methoxy groups -OCH3 is 1. The second-order valence-electron chi connectivity index (χ2n) is 8.78. The van der Waals surface area contributed by atoms with Crippen molar-refractivity contribution < 1.29 is 24.5 Å². The van der Waals surface area contributed by atoms with E-state index in [1.165, 1.54) is 11.8 Å². The molecule has 12 heteroatoms. The van der Waals surface area contributed by atoms with Crippen LogP contribution in [-0.4, -0.2) is 78.5 Å². The van der Waals surface area contributed by atoms with Gasteiger partial charge < -0.3 is 25.2 Å². The Morgan fingerprint density at radius 2 is 2.03 bits per heavy atom. The summed E-state index contributed by atoms with van der Waals surface area (Å²) >= 11 is 0. The molecule has 1 aliphatic rings. The lowest BCUT2D eigenvalue weighted by atomic mass is 9.95. The minimum Gasteiger partial charge on any atom is -0.496 e. The molecular formula is C24H29N7O5. The van der Waals surface area contributed by atoms with Gasteiger partial charge in [-0.3, -0.25) is 9.59 Å². The number of tetrazole rings is 1. The van der Waals surface area contributed by atoms with E-state index in [-0.39, 0.29) is 30.8 Å². The Hall–Kier alpha value is -3.90. The van der Waals surface area contributed by atoms with Crippen LogP contribution in [0, 0.1) is 0 Å². The number of carbonyl (C=O) groups excluding carboxylic acids is 2. The Morgan fingerprint density at radius 3 is 2.75 bits per heavy atom. The maximum atomic E-state index is 13.2. The number of ether oxygens (including phenoxy) is 1. The highest BCUT2D eigenvalue weighted by atomic mass is 16.5. The number of hydrogen-bond acceptors (Lipinski definition) is 9. The van der Waals surface area contributed by atoms with Crippen molar-refractivity contribution in [1.82, 2.24) is 30.1 Å². The molecular weight excluding hydrogens is 466 g/mol. The number of nitrogens with zero attached hydrogens (tertiary/aromatic N) is 6. The van der Waals surface area contributed by atoms with Crippen LogP contribution in [-0.2, 0) is 17.8 Å². The number of benzene rings is 1. The van der Waals surface area contributed by atoms with Crippen LogP contribution in [0.1, 0.15) is 47.8 Å². The van der Waals surface area contributed by atoms with Gasteiger partial charge >= 0.3 is 0 Å². The SMILES string of the molecule is COc1cc2c(cc1C(=O)Nc1cccc(-c3nnnn3[C@H](C)CO)n1)CN(C(=O)C[C@H](C)O)CC2. The maximum absolute atomic E-state index is 13.2. The molecule has 0 bridgehead atoms. The van der Waals surface area contributed by atoms with Crippen LogP contribution >= 0.6 is 0 Å². The number of rotatable bonds is 8. The molecule has 4 rings (SSSR count). The number of aliphatic hydroxyl groups is 2. The number of fused-ring (bicyclic) bond motifs is 1. The van der Waals surface area contributed by atoms with Gasteiger partial charge in [0.05, 0.1) is 37.8 Å². The average molecular weight is 496 g/mol. The van der Waals surface area contributed by atoms with Crippen LogP contribution < -0.4 is 10.1 Å². The number of amides is 2. The lowest BCUT2D eigenvalue weighted by Gasteiger charge is -2.30. The van der Waals surface area contributed by atoms with Gasteiger partial charge in [0.25, 0.3) is 5.91 Å². The summed E-state index contributed by atoms with van der Waals surface area (Å²) in [6.07, 6.45) is -0.0267. The minimum absolute atomic E-state index is 0.0567. The highest BCUT2D eigenvalue weighted by Crippen LogP contribution is 2.29. The van der Waals surface area contributed by atoms with Gasteiger partial charge in [0.2, 0.25) is 11.7 Å². The first-order valence-corrected chi connectivity index (χ1v) is 11.6. The van der Waals surface area contributed by atoms with Crippen molar-refractivity contribution in [3.05, 3.63) is 47.0 Å². The van der Waals surface area contributed by atoms with E-state index in [4.69, 9.17) is 4.74 Å². The molecule has 3 N–H and O–H groups in total. The number of anilines is 1. The molecule has 0 unspecified atom stereocenters. The summed E-state index contributed by atoms with van der Waals surface area (Å²) < 4.78 is 6.95. The van der Waals surface area contributed by atoms with Crippen molar-refractivity contribution in [2.45, 2.75) is 45.4 Å². The normalized spacial score (nSPS) is 14.6. The van der Waals surface area contributed by atoms with Gasteiger partial charge in [-0.05, 0) is 66.1 Å². The molecule has 0 radical (unpaired) electrons. The van der Waals surface area contributed by atoms with E-state index in [0.717, 1.165) is 11.1 Å². The van der Waals surface area contributed by atoms with E-state index in [1.54, 1.807) is 43.0 Å². The predicted molar refractivity (Wildman–Crippen MR) is 129 cm³/mol. The molecule has 0 spiro atoms. The summed E-state index contributed by atoms with van der Waals surface area (Å²) in [4.78, 5) is 31.8. The van der Waals surface area contributed by atoms with Gasteiger partial charge in [-0.25, -0.2) is 9.67 Å². The molecule has 2 atom stereocenters. The van der Waals surface area contributed by atoms with Gasteiger partial charge in [0.1, 0.15) is 17.3 Å². The number of hydrogen-bond donors (Lipinski definition) is 3. The quantitative estimate of drug-likeness (QED) is 0.418. The summed E-state index contributed by atoms with van der Waals surface area (Å²) in [6.45, 7) is 4.10. The largest absolute Gasteiger partial charge is 0.496 e. The lowest BCUT2D eigenvalue weighted by Crippen LogP contribution is -2.37. The van der Waals surface area contributed by atoms with Gasteiger partial charge in [-0.15, -0.1) is 5.10 Å². The molecule has 2 aromatic heterocycles. The number of aromatic nitrogens is 5. The molecule has 1 aromatic carbocycles. The van der Waals surface area contributed by atoms with Crippen molar-refractivity contribution in [3.8, 4) is 17.3 Å². The summed E-state index contributed by atoms with van der Waals surface area (Å²) in [5.41, 5.74) is 2.61. The van der Waals surface area contributed by atoms with Crippen LogP contribution in [0.5, 0.6) is 5.75 Å². The molecule has 2 amide bonds. The molecule has 0 fully saturated rings. The third-order valence-corrected chi connectivity index (χ3v) is 6.00. The first kappa shape index (κ1) is 25.2. The second kappa shape index (κ2) is 10.8. The van der Waals surface area contributed by atoms with Crippen molar-refractivity contribution in [3.63, 3.8) is 0 Å². The highest BCUT2D eigenvalue weighted by Gasteiger charge is 2.25. The Bertz CT molecular complexity index is 1260. The number of aliphatic hydroxyl groups excluding tert-OH is 2. The van der Waals surface area contributed by atoms with E-state index in [0.29, 0.717) is 42.3 Å². The number of nitrogens with one attached hydrogen (secondary N) is 1. The zero-order valence-electron chi connectivity index (χ0n) is 20.4. The second-order valence-corrected chi connectivity index (χ2v) is 8.78. The van der Waals surface area contributed by atoms with Crippen molar-refractivity contribution >= 4 is 17.6 Å². The molecule has 3 heterocycles. The van der Waals surface area contributed by atoms with E-state index >= 15 is 0 Å². The predicted octanol–water partition coefficient (Wildman–Crippen LogP) is 1.20.